The van der Waals surface area contributed by atoms with Crippen LogP contribution in [0.3, 0.4) is 0 Å². The van der Waals surface area contributed by atoms with Crippen LogP contribution in [0.1, 0.15) is 25.3 Å². The Bertz CT molecular complexity index is 297. The van der Waals surface area contributed by atoms with Gasteiger partial charge in [0.2, 0.25) is 0 Å². The summed E-state index contributed by atoms with van der Waals surface area (Å²) >= 11 is 0. The first kappa shape index (κ1) is 11.0. The molecule has 0 aliphatic heterocycles. The van der Waals surface area contributed by atoms with E-state index in [1.54, 1.807) is 12.1 Å². The fraction of sp³-hybridized carbons (Fsp3) is 0.455. The van der Waals surface area contributed by atoms with Gasteiger partial charge in [-0.05, 0) is 18.1 Å². The average Bonchev–Trinajstić information content (AvgIpc) is 2.14. The molecule has 1 rings (SSSR count). The number of alkyl halides is 1. The Morgan fingerprint density at radius 1 is 1.36 bits per heavy atom. The third-order valence-corrected chi connectivity index (χ3v) is 1.92. The standard InChI is InChI=1S/C11H14F2O/c1-8(2)11-9(13)4-3-5-10(11)14-7-6-12/h3-5,8H,6-7H2,1-2H3. The summed E-state index contributed by atoms with van der Waals surface area (Å²) in [6.07, 6.45) is 0. The number of benzene rings is 1. The summed E-state index contributed by atoms with van der Waals surface area (Å²) in [7, 11) is 0. The van der Waals surface area contributed by atoms with E-state index in [-0.39, 0.29) is 18.3 Å². The highest BCUT2D eigenvalue weighted by Crippen LogP contribution is 2.28. The van der Waals surface area contributed by atoms with Crippen LogP contribution in [0.5, 0.6) is 5.75 Å². The Labute approximate surface area is 82.7 Å². The molecule has 0 aliphatic rings. The van der Waals surface area contributed by atoms with Crippen molar-refractivity contribution < 1.29 is 13.5 Å². The lowest BCUT2D eigenvalue weighted by Crippen LogP contribution is -2.04. The van der Waals surface area contributed by atoms with Crippen molar-refractivity contribution in [1.82, 2.24) is 0 Å². The Kier molecular flexibility index (Phi) is 3.86. The SMILES string of the molecule is CC(C)c1c(F)cccc1OCCF. The number of halogens is 2. The summed E-state index contributed by atoms with van der Waals surface area (Å²) in [6.45, 7) is 3.17. The van der Waals surface area contributed by atoms with Crippen molar-refractivity contribution in [3.63, 3.8) is 0 Å². The molecule has 0 N–H and O–H groups in total. The molecule has 0 aliphatic carbocycles. The maximum atomic E-state index is 13.4. The van der Waals surface area contributed by atoms with Gasteiger partial charge in [0.25, 0.3) is 0 Å². The van der Waals surface area contributed by atoms with Crippen LogP contribution in [0, 0.1) is 5.82 Å². The smallest absolute Gasteiger partial charge is 0.130 e. The minimum atomic E-state index is -0.561. The van der Waals surface area contributed by atoms with Gasteiger partial charge in [0.1, 0.15) is 24.8 Å². The van der Waals surface area contributed by atoms with Crippen molar-refractivity contribution in [2.45, 2.75) is 19.8 Å². The molecular formula is C11H14F2O. The number of rotatable bonds is 4. The molecule has 0 unspecified atom stereocenters. The summed E-state index contributed by atoms with van der Waals surface area (Å²) in [5.74, 6) is 0.180. The van der Waals surface area contributed by atoms with Gasteiger partial charge in [0.05, 0.1) is 0 Å². The fourth-order valence-electron chi connectivity index (χ4n) is 1.35. The molecular weight excluding hydrogens is 186 g/mol. The minimum absolute atomic E-state index is 0.0246. The molecule has 0 saturated heterocycles. The average molecular weight is 200 g/mol. The Hall–Kier alpha value is -1.12. The van der Waals surface area contributed by atoms with Gasteiger partial charge in [0, 0.05) is 5.56 Å². The highest BCUT2D eigenvalue weighted by Gasteiger charge is 2.12. The van der Waals surface area contributed by atoms with Gasteiger partial charge in [-0.3, -0.25) is 0 Å². The molecule has 0 fully saturated rings. The minimum Gasteiger partial charge on any atom is -0.490 e. The zero-order chi connectivity index (χ0) is 10.6. The maximum absolute atomic E-state index is 13.4. The van der Waals surface area contributed by atoms with Gasteiger partial charge >= 0.3 is 0 Å². The number of ether oxygens (including phenoxy) is 1. The summed E-state index contributed by atoms with van der Waals surface area (Å²) in [4.78, 5) is 0. The first-order valence-corrected chi connectivity index (χ1v) is 4.64. The van der Waals surface area contributed by atoms with Crippen LogP contribution in [0.25, 0.3) is 0 Å². The third-order valence-electron chi connectivity index (χ3n) is 1.92. The number of hydrogen-bond donors (Lipinski definition) is 0. The van der Waals surface area contributed by atoms with E-state index in [1.807, 2.05) is 13.8 Å². The van der Waals surface area contributed by atoms with E-state index < -0.39 is 6.67 Å². The highest BCUT2D eigenvalue weighted by atomic mass is 19.1. The van der Waals surface area contributed by atoms with Crippen LogP contribution in [-0.4, -0.2) is 13.3 Å². The van der Waals surface area contributed by atoms with Crippen LogP contribution >= 0.6 is 0 Å². The van der Waals surface area contributed by atoms with Gasteiger partial charge in [-0.25, -0.2) is 8.78 Å². The molecule has 0 radical (unpaired) electrons. The van der Waals surface area contributed by atoms with E-state index in [0.29, 0.717) is 11.3 Å². The maximum Gasteiger partial charge on any atom is 0.130 e. The molecule has 0 heterocycles. The van der Waals surface area contributed by atoms with Crippen molar-refractivity contribution in [2.75, 3.05) is 13.3 Å². The van der Waals surface area contributed by atoms with Crippen LogP contribution in [0.2, 0.25) is 0 Å². The van der Waals surface area contributed by atoms with Crippen LogP contribution in [0.15, 0.2) is 18.2 Å². The molecule has 1 aromatic carbocycles. The molecule has 3 heteroatoms. The summed E-state index contributed by atoms with van der Waals surface area (Å²) in [5.41, 5.74) is 0.515. The summed E-state index contributed by atoms with van der Waals surface area (Å²) in [6, 6.07) is 4.61. The second kappa shape index (κ2) is 4.94. The van der Waals surface area contributed by atoms with E-state index in [0.717, 1.165) is 0 Å². The quantitative estimate of drug-likeness (QED) is 0.724. The first-order valence-electron chi connectivity index (χ1n) is 4.64. The largest absolute Gasteiger partial charge is 0.490 e. The lowest BCUT2D eigenvalue weighted by Gasteiger charge is -2.13. The number of hydrogen-bond acceptors (Lipinski definition) is 1. The molecule has 0 aromatic heterocycles. The van der Waals surface area contributed by atoms with E-state index in [2.05, 4.69) is 0 Å². The van der Waals surface area contributed by atoms with Gasteiger partial charge in [-0.1, -0.05) is 19.9 Å². The van der Waals surface area contributed by atoms with Gasteiger partial charge in [-0.15, -0.1) is 0 Å². The van der Waals surface area contributed by atoms with Crippen molar-refractivity contribution in [2.24, 2.45) is 0 Å². The van der Waals surface area contributed by atoms with Crippen LogP contribution in [0.4, 0.5) is 8.78 Å². The van der Waals surface area contributed by atoms with E-state index >= 15 is 0 Å². The van der Waals surface area contributed by atoms with E-state index in [1.165, 1.54) is 6.07 Å². The zero-order valence-electron chi connectivity index (χ0n) is 8.39. The molecule has 0 atom stereocenters. The second-order valence-electron chi connectivity index (χ2n) is 3.34. The van der Waals surface area contributed by atoms with Gasteiger partial charge < -0.3 is 4.74 Å². The predicted molar refractivity (Wildman–Crippen MR) is 52.0 cm³/mol. The molecule has 0 amide bonds. The molecule has 0 spiro atoms. The first-order chi connectivity index (χ1) is 6.66. The van der Waals surface area contributed by atoms with Crippen molar-refractivity contribution in [3.05, 3.63) is 29.6 Å². The fourth-order valence-corrected chi connectivity index (χ4v) is 1.35. The van der Waals surface area contributed by atoms with Crippen molar-refractivity contribution >= 4 is 0 Å². The lowest BCUT2D eigenvalue weighted by atomic mass is 10.0. The normalized spacial score (nSPS) is 10.6. The highest BCUT2D eigenvalue weighted by molar-refractivity contribution is 5.36. The summed E-state index contributed by atoms with van der Waals surface area (Å²) in [5, 5.41) is 0. The molecule has 14 heavy (non-hydrogen) atoms. The molecule has 0 bridgehead atoms. The lowest BCUT2D eigenvalue weighted by molar-refractivity contribution is 0.268. The van der Waals surface area contributed by atoms with Gasteiger partial charge in [0.15, 0.2) is 0 Å². The van der Waals surface area contributed by atoms with Crippen molar-refractivity contribution in [1.29, 1.82) is 0 Å². The van der Waals surface area contributed by atoms with Crippen molar-refractivity contribution in [3.8, 4) is 5.75 Å². The molecule has 1 nitrogen and oxygen atoms in total. The Balaban J connectivity index is 2.96. The topological polar surface area (TPSA) is 9.23 Å². The zero-order valence-corrected chi connectivity index (χ0v) is 8.39. The van der Waals surface area contributed by atoms with Gasteiger partial charge in [-0.2, -0.15) is 0 Å². The predicted octanol–water partition coefficient (Wildman–Crippen LogP) is 3.30. The third kappa shape index (κ3) is 2.44. The molecule has 1 aromatic rings. The van der Waals surface area contributed by atoms with Crippen LogP contribution < -0.4 is 4.74 Å². The summed E-state index contributed by atoms with van der Waals surface area (Å²) < 4.78 is 30.4. The van der Waals surface area contributed by atoms with Crippen LogP contribution in [-0.2, 0) is 0 Å². The molecule has 78 valence electrons. The monoisotopic (exact) mass is 200 g/mol. The van der Waals surface area contributed by atoms with E-state index in [4.69, 9.17) is 4.74 Å². The Morgan fingerprint density at radius 2 is 2.07 bits per heavy atom. The molecule has 0 saturated carbocycles. The second-order valence-corrected chi connectivity index (χ2v) is 3.34. The Morgan fingerprint density at radius 3 is 2.64 bits per heavy atom. The van der Waals surface area contributed by atoms with E-state index in [9.17, 15) is 8.78 Å².